The lowest BCUT2D eigenvalue weighted by molar-refractivity contribution is 0.375. The SMILES string of the molecule is CN(C)Cc1nc2sc3c(c2c(=O)n1CCCc1ccccc1)CCCC3. The first kappa shape index (κ1) is 18.4. The van der Waals surface area contributed by atoms with Gasteiger partial charge >= 0.3 is 0 Å². The van der Waals surface area contributed by atoms with Gasteiger partial charge in [0, 0.05) is 11.4 Å². The van der Waals surface area contributed by atoms with Gasteiger partial charge < -0.3 is 4.90 Å². The largest absolute Gasteiger partial charge is 0.302 e. The molecule has 4 nitrogen and oxygen atoms in total. The second-order valence-corrected chi connectivity index (χ2v) is 8.79. The van der Waals surface area contributed by atoms with E-state index in [1.807, 2.05) is 24.7 Å². The Hall–Kier alpha value is -1.98. The number of fused-ring (bicyclic) bond motifs is 3. The molecule has 2 heterocycles. The van der Waals surface area contributed by atoms with Crippen LogP contribution in [0.15, 0.2) is 35.1 Å². The van der Waals surface area contributed by atoms with Gasteiger partial charge in [-0.05, 0) is 63.7 Å². The molecule has 0 aliphatic heterocycles. The molecule has 0 N–H and O–H groups in total. The molecule has 3 aromatic rings. The topological polar surface area (TPSA) is 38.1 Å². The van der Waals surface area contributed by atoms with Crippen LogP contribution in [0, 0.1) is 0 Å². The molecule has 4 rings (SSSR count). The van der Waals surface area contributed by atoms with Crippen LogP contribution in [0.4, 0.5) is 0 Å². The predicted molar refractivity (Wildman–Crippen MR) is 113 cm³/mol. The van der Waals surface area contributed by atoms with Crippen molar-refractivity contribution in [1.82, 2.24) is 14.5 Å². The Balaban J connectivity index is 1.69. The molecule has 0 unspecified atom stereocenters. The number of nitrogens with zero attached hydrogens (tertiary/aromatic N) is 3. The lowest BCUT2D eigenvalue weighted by Gasteiger charge is -2.16. The first-order valence-corrected chi connectivity index (χ1v) is 10.7. The molecule has 1 aliphatic carbocycles. The van der Waals surface area contributed by atoms with Crippen molar-refractivity contribution < 1.29 is 0 Å². The first-order valence-electron chi connectivity index (χ1n) is 9.86. The molecule has 0 spiro atoms. The van der Waals surface area contributed by atoms with Crippen LogP contribution < -0.4 is 5.56 Å². The number of benzene rings is 1. The highest BCUT2D eigenvalue weighted by Crippen LogP contribution is 2.33. The Kier molecular flexibility index (Phi) is 5.41. The van der Waals surface area contributed by atoms with Gasteiger partial charge in [-0.3, -0.25) is 9.36 Å². The monoisotopic (exact) mass is 381 g/mol. The summed E-state index contributed by atoms with van der Waals surface area (Å²) in [5.41, 5.74) is 2.78. The van der Waals surface area contributed by atoms with E-state index in [4.69, 9.17) is 4.98 Å². The molecule has 5 heteroatoms. The fraction of sp³-hybridized carbons (Fsp3) is 0.455. The van der Waals surface area contributed by atoms with Crippen LogP contribution in [-0.4, -0.2) is 28.5 Å². The minimum atomic E-state index is 0.171. The van der Waals surface area contributed by atoms with Gasteiger partial charge in [-0.1, -0.05) is 30.3 Å². The van der Waals surface area contributed by atoms with Crippen LogP contribution in [-0.2, 0) is 32.4 Å². The minimum Gasteiger partial charge on any atom is -0.302 e. The first-order chi connectivity index (χ1) is 13.1. The summed E-state index contributed by atoms with van der Waals surface area (Å²) in [6, 6.07) is 10.5. The number of rotatable bonds is 6. The molecule has 0 saturated heterocycles. The number of hydrogen-bond acceptors (Lipinski definition) is 4. The van der Waals surface area contributed by atoms with E-state index in [1.54, 1.807) is 11.3 Å². The van der Waals surface area contributed by atoms with Crippen molar-refractivity contribution in [2.45, 2.75) is 51.6 Å². The van der Waals surface area contributed by atoms with E-state index in [0.29, 0.717) is 6.54 Å². The Morgan fingerprint density at radius 2 is 1.93 bits per heavy atom. The van der Waals surface area contributed by atoms with Crippen molar-refractivity contribution in [2.75, 3.05) is 14.1 Å². The molecular formula is C22H27N3OS. The smallest absolute Gasteiger partial charge is 0.262 e. The van der Waals surface area contributed by atoms with E-state index in [9.17, 15) is 4.79 Å². The van der Waals surface area contributed by atoms with Crippen LogP contribution in [0.25, 0.3) is 10.2 Å². The molecule has 0 atom stereocenters. The van der Waals surface area contributed by atoms with Crippen molar-refractivity contribution in [3.05, 3.63) is 62.5 Å². The zero-order valence-electron chi connectivity index (χ0n) is 16.2. The van der Waals surface area contributed by atoms with Gasteiger partial charge in [-0.2, -0.15) is 0 Å². The number of aromatic nitrogens is 2. The molecule has 0 amide bonds. The second-order valence-electron chi connectivity index (χ2n) is 7.70. The fourth-order valence-corrected chi connectivity index (χ4v) is 5.27. The van der Waals surface area contributed by atoms with Gasteiger partial charge in [-0.15, -0.1) is 11.3 Å². The molecule has 27 heavy (non-hydrogen) atoms. The van der Waals surface area contributed by atoms with E-state index in [1.165, 1.54) is 28.8 Å². The van der Waals surface area contributed by atoms with Crippen molar-refractivity contribution >= 4 is 21.6 Å². The van der Waals surface area contributed by atoms with E-state index >= 15 is 0 Å². The summed E-state index contributed by atoms with van der Waals surface area (Å²) in [7, 11) is 4.06. The van der Waals surface area contributed by atoms with Crippen molar-refractivity contribution in [3.8, 4) is 0 Å². The highest BCUT2D eigenvalue weighted by atomic mass is 32.1. The van der Waals surface area contributed by atoms with Crippen LogP contribution in [0.1, 0.15) is 41.1 Å². The van der Waals surface area contributed by atoms with E-state index < -0.39 is 0 Å². The quantitative estimate of drug-likeness (QED) is 0.647. The van der Waals surface area contributed by atoms with E-state index in [0.717, 1.165) is 48.3 Å². The second kappa shape index (κ2) is 7.95. The molecule has 0 bridgehead atoms. The summed E-state index contributed by atoms with van der Waals surface area (Å²) in [6.07, 6.45) is 6.48. The molecule has 142 valence electrons. The Morgan fingerprint density at radius 1 is 1.15 bits per heavy atom. The maximum Gasteiger partial charge on any atom is 0.262 e. The third-order valence-electron chi connectivity index (χ3n) is 5.30. The highest BCUT2D eigenvalue weighted by molar-refractivity contribution is 7.18. The van der Waals surface area contributed by atoms with Crippen LogP contribution in [0.2, 0.25) is 0 Å². The fourth-order valence-electron chi connectivity index (χ4n) is 4.00. The van der Waals surface area contributed by atoms with Crippen molar-refractivity contribution in [1.29, 1.82) is 0 Å². The molecule has 0 radical (unpaired) electrons. The summed E-state index contributed by atoms with van der Waals surface area (Å²) in [5, 5.41) is 0.900. The number of hydrogen-bond donors (Lipinski definition) is 0. The Labute approximate surface area is 164 Å². The van der Waals surface area contributed by atoms with Gasteiger partial charge in [0.25, 0.3) is 5.56 Å². The van der Waals surface area contributed by atoms with Crippen molar-refractivity contribution in [3.63, 3.8) is 0 Å². The number of thiophene rings is 1. The van der Waals surface area contributed by atoms with Gasteiger partial charge in [0.1, 0.15) is 10.7 Å². The lowest BCUT2D eigenvalue weighted by Crippen LogP contribution is -2.28. The molecule has 1 aliphatic rings. The Bertz CT molecular complexity index is 988. The van der Waals surface area contributed by atoms with Crippen LogP contribution in [0.3, 0.4) is 0 Å². The van der Waals surface area contributed by atoms with E-state index in [2.05, 4.69) is 29.2 Å². The molecular weight excluding hydrogens is 354 g/mol. The summed E-state index contributed by atoms with van der Waals surface area (Å²) >= 11 is 1.74. The molecule has 1 aromatic carbocycles. The van der Waals surface area contributed by atoms with Gasteiger partial charge in [0.05, 0.1) is 11.9 Å². The third kappa shape index (κ3) is 3.85. The molecule has 2 aromatic heterocycles. The lowest BCUT2D eigenvalue weighted by atomic mass is 9.97. The molecule has 0 fully saturated rings. The number of aryl methyl sites for hydroxylation is 3. The summed E-state index contributed by atoms with van der Waals surface area (Å²) < 4.78 is 1.94. The molecule has 0 saturated carbocycles. The Morgan fingerprint density at radius 3 is 2.70 bits per heavy atom. The zero-order chi connectivity index (χ0) is 18.8. The van der Waals surface area contributed by atoms with Crippen LogP contribution in [0.5, 0.6) is 0 Å². The predicted octanol–water partition coefficient (Wildman–Crippen LogP) is 4.03. The summed E-state index contributed by atoms with van der Waals surface area (Å²) in [6.45, 7) is 1.42. The van der Waals surface area contributed by atoms with Gasteiger partial charge in [-0.25, -0.2) is 4.98 Å². The van der Waals surface area contributed by atoms with Crippen molar-refractivity contribution in [2.24, 2.45) is 0 Å². The third-order valence-corrected chi connectivity index (χ3v) is 6.49. The average molecular weight is 382 g/mol. The maximum absolute atomic E-state index is 13.4. The van der Waals surface area contributed by atoms with Gasteiger partial charge in [0.2, 0.25) is 0 Å². The van der Waals surface area contributed by atoms with E-state index in [-0.39, 0.29) is 5.56 Å². The van der Waals surface area contributed by atoms with Gasteiger partial charge in [0.15, 0.2) is 0 Å². The highest BCUT2D eigenvalue weighted by Gasteiger charge is 2.22. The normalized spacial score (nSPS) is 14.0. The minimum absolute atomic E-state index is 0.171. The zero-order valence-corrected chi connectivity index (χ0v) is 17.0. The van der Waals surface area contributed by atoms with Crippen LogP contribution >= 0.6 is 11.3 Å². The standard InChI is InChI=1S/C22H27N3OS/c1-24(2)15-19-23-21-20(17-12-6-7-13-18(17)27-21)22(26)25(19)14-8-11-16-9-4-3-5-10-16/h3-5,9-10H,6-8,11-15H2,1-2H3. The average Bonchev–Trinajstić information content (AvgIpc) is 3.03. The summed E-state index contributed by atoms with van der Waals surface area (Å²) in [5.74, 6) is 0.893. The maximum atomic E-state index is 13.4. The summed E-state index contributed by atoms with van der Waals surface area (Å²) in [4.78, 5) is 22.8.